The first kappa shape index (κ1) is 16.8. The van der Waals surface area contributed by atoms with Crippen LogP contribution in [-0.4, -0.2) is 45.6 Å². The maximum Gasteiger partial charge on any atom is 0.253 e. The summed E-state index contributed by atoms with van der Waals surface area (Å²) in [6.45, 7) is 1.67. The lowest BCUT2D eigenvalue weighted by Crippen LogP contribution is -2.37. The lowest BCUT2D eigenvalue weighted by atomic mass is 9.89. The van der Waals surface area contributed by atoms with Crippen molar-refractivity contribution in [2.75, 3.05) is 19.7 Å². The van der Waals surface area contributed by atoms with Gasteiger partial charge >= 0.3 is 0 Å². The first-order chi connectivity index (χ1) is 12.8. The number of likely N-dealkylation sites (tertiary alicyclic amines) is 1. The summed E-state index contributed by atoms with van der Waals surface area (Å²) in [5, 5.41) is 10.2. The van der Waals surface area contributed by atoms with Crippen LogP contribution < -0.4 is 0 Å². The fourth-order valence-corrected chi connectivity index (χ4v) is 3.83. The zero-order valence-electron chi connectivity index (χ0n) is 14.7. The topological polar surface area (TPSA) is 69.2 Å². The number of rotatable bonds is 4. The minimum atomic E-state index is 0.0968. The Labute approximate surface area is 152 Å². The molecule has 0 unspecified atom stereocenters. The van der Waals surface area contributed by atoms with Crippen LogP contribution in [0.1, 0.15) is 40.2 Å². The van der Waals surface area contributed by atoms with Gasteiger partial charge in [0, 0.05) is 43.0 Å². The number of nitrogens with one attached hydrogen (secondary N) is 1. The molecular weight excluding hydrogens is 326 g/mol. The quantitative estimate of drug-likeness (QED) is 0.760. The summed E-state index contributed by atoms with van der Waals surface area (Å²) in [7, 11) is 0. The average molecular weight is 349 g/mol. The minimum absolute atomic E-state index is 0.0968. The fraction of sp³-hybridized carbons (Fsp3) is 0.333. The first-order valence-corrected chi connectivity index (χ1v) is 9.17. The van der Waals surface area contributed by atoms with Gasteiger partial charge in [-0.1, -0.05) is 12.1 Å². The van der Waals surface area contributed by atoms with E-state index in [4.69, 9.17) is 5.11 Å². The molecule has 2 aromatic heterocycles. The van der Waals surface area contributed by atoms with Gasteiger partial charge in [0.2, 0.25) is 0 Å². The van der Waals surface area contributed by atoms with Gasteiger partial charge in [-0.05, 0) is 60.6 Å². The number of hydrogen-bond donors (Lipinski definition) is 2. The number of benzene rings is 1. The van der Waals surface area contributed by atoms with Crippen molar-refractivity contribution in [2.24, 2.45) is 0 Å². The second-order valence-electron chi connectivity index (χ2n) is 6.88. The fourth-order valence-electron chi connectivity index (χ4n) is 3.83. The number of aliphatic hydroxyl groups is 1. The molecule has 1 amide bonds. The normalized spacial score (nSPS) is 15.5. The van der Waals surface area contributed by atoms with Crippen LogP contribution in [0, 0.1) is 0 Å². The van der Waals surface area contributed by atoms with Crippen molar-refractivity contribution in [3.05, 3.63) is 65.5 Å². The highest BCUT2D eigenvalue weighted by Crippen LogP contribution is 2.32. The van der Waals surface area contributed by atoms with Gasteiger partial charge in [-0.2, -0.15) is 0 Å². The van der Waals surface area contributed by atoms with Crippen LogP contribution in [0.5, 0.6) is 0 Å². The van der Waals surface area contributed by atoms with Crippen molar-refractivity contribution in [1.29, 1.82) is 0 Å². The highest BCUT2D eigenvalue weighted by atomic mass is 16.3. The van der Waals surface area contributed by atoms with E-state index in [-0.39, 0.29) is 12.5 Å². The predicted octanol–water partition coefficient (Wildman–Crippen LogP) is 3.12. The monoisotopic (exact) mass is 349 g/mol. The van der Waals surface area contributed by atoms with Gasteiger partial charge in [0.05, 0.1) is 0 Å². The summed E-state index contributed by atoms with van der Waals surface area (Å²) in [6, 6.07) is 11.7. The van der Waals surface area contributed by atoms with Gasteiger partial charge < -0.3 is 15.0 Å². The Bertz CT molecular complexity index is 893. The van der Waals surface area contributed by atoms with E-state index in [9.17, 15) is 4.79 Å². The number of carbonyl (C=O) groups excluding carboxylic acids is 1. The Morgan fingerprint density at radius 2 is 1.96 bits per heavy atom. The van der Waals surface area contributed by atoms with Crippen molar-refractivity contribution in [2.45, 2.75) is 25.2 Å². The van der Waals surface area contributed by atoms with Crippen LogP contribution in [0.25, 0.3) is 11.0 Å². The summed E-state index contributed by atoms with van der Waals surface area (Å²) < 4.78 is 0. The summed E-state index contributed by atoms with van der Waals surface area (Å²) in [5.74, 6) is 0.559. The van der Waals surface area contributed by atoms with Crippen LogP contribution in [-0.2, 0) is 6.42 Å². The molecule has 4 rings (SSSR count). The summed E-state index contributed by atoms with van der Waals surface area (Å²) in [4.78, 5) is 22.3. The Kier molecular flexibility index (Phi) is 4.71. The van der Waals surface area contributed by atoms with Gasteiger partial charge in [-0.3, -0.25) is 4.79 Å². The molecule has 1 aliphatic heterocycles. The molecule has 2 N–H and O–H groups in total. The van der Waals surface area contributed by atoms with Gasteiger partial charge in [0.15, 0.2) is 0 Å². The molecule has 0 radical (unpaired) electrons. The van der Waals surface area contributed by atoms with Gasteiger partial charge in [0.25, 0.3) is 5.91 Å². The standard InChI is InChI=1S/C21H23N3O2/c25-13-9-15-3-5-17(6-4-15)21(26)24-11-7-16(8-12-24)19-14-23-20-18(19)2-1-10-22-20/h1-6,10,14,16,25H,7-9,11-13H2,(H,22,23). The number of hydrogen-bond acceptors (Lipinski definition) is 3. The minimum Gasteiger partial charge on any atom is -0.396 e. The van der Waals surface area contributed by atoms with Crippen molar-refractivity contribution >= 4 is 16.9 Å². The second-order valence-corrected chi connectivity index (χ2v) is 6.88. The third kappa shape index (κ3) is 3.22. The smallest absolute Gasteiger partial charge is 0.253 e. The molecular formula is C21H23N3O2. The largest absolute Gasteiger partial charge is 0.396 e. The van der Waals surface area contributed by atoms with E-state index >= 15 is 0 Å². The molecule has 3 aromatic rings. The lowest BCUT2D eigenvalue weighted by molar-refractivity contribution is 0.0713. The zero-order chi connectivity index (χ0) is 17.9. The molecule has 1 fully saturated rings. The molecule has 3 heterocycles. The number of piperidine rings is 1. The zero-order valence-corrected chi connectivity index (χ0v) is 14.7. The van der Waals surface area contributed by atoms with Crippen molar-refractivity contribution in [3.63, 3.8) is 0 Å². The molecule has 1 saturated heterocycles. The van der Waals surface area contributed by atoms with Crippen LogP contribution in [0.4, 0.5) is 0 Å². The van der Waals surface area contributed by atoms with Crippen LogP contribution in [0.2, 0.25) is 0 Å². The Hall–Kier alpha value is -2.66. The van der Waals surface area contributed by atoms with Gasteiger partial charge in [0.1, 0.15) is 5.65 Å². The van der Waals surface area contributed by atoms with E-state index in [1.165, 1.54) is 10.9 Å². The highest BCUT2D eigenvalue weighted by molar-refractivity contribution is 5.94. The molecule has 1 aromatic carbocycles. The maximum atomic E-state index is 12.7. The number of pyridine rings is 1. The number of aromatic amines is 1. The Balaban J connectivity index is 1.42. The van der Waals surface area contributed by atoms with Crippen LogP contribution >= 0.6 is 0 Å². The number of aliphatic hydroxyl groups excluding tert-OH is 1. The molecule has 0 spiro atoms. The van der Waals surface area contributed by atoms with E-state index in [0.717, 1.165) is 42.7 Å². The van der Waals surface area contributed by atoms with Crippen molar-refractivity contribution in [3.8, 4) is 0 Å². The Morgan fingerprint density at radius 3 is 2.69 bits per heavy atom. The molecule has 0 aliphatic carbocycles. The van der Waals surface area contributed by atoms with Crippen molar-refractivity contribution < 1.29 is 9.90 Å². The van der Waals surface area contributed by atoms with E-state index in [1.807, 2.05) is 35.2 Å². The van der Waals surface area contributed by atoms with E-state index in [2.05, 4.69) is 22.2 Å². The number of carbonyl (C=O) groups is 1. The molecule has 0 saturated carbocycles. The number of nitrogens with zero attached hydrogens (tertiary/aromatic N) is 2. The predicted molar refractivity (Wildman–Crippen MR) is 101 cm³/mol. The van der Waals surface area contributed by atoms with Crippen LogP contribution in [0.15, 0.2) is 48.8 Å². The molecule has 1 aliphatic rings. The maximum absolute atomic E-state index is 12.7. The second kappa shape index (κ2) is 7.30. The highest BCUT2D eigenvalue weighted by Gasteiger charge is 2.26. The van der Waals surface area contributed by atoms with E-state index in [0.29, 0.717) is 12.3 Å². The SMILES string of the molecule is O=C(c1ccc(CCO)cc1)N1CCC(c2c[nH]c3ncccc23)CC1. The Morgan fingerprint density at radius 1 is 1.19 bits per heavy atom. The van der Waals surface area contributed by atoms with Gasteiger partial charge in [-0.15, -0.1) is 0 Å². The van der Waals surface area contributed by atoms with E-state index < -0.39 is 0 Å². The number of fused-ring (bicyclic) bond motifs is 1. The third-order valence-corrected chi connectivity index (χ3v) is 5.31. The van der Waals surface area contributed by atoms with Crippen LogP contribution in [0.3, 0.4) is 0 Å². The van der Waals surface area contributed by atoms with Crippen molar-refractivity contribution in [1.82, 2.24) is 14.9 Å². The first-order valence-electron chi connectivity index (χ1n) is 9.17. The summed E-state index contributed by atoms with van der Waals surface area (Å²) >= 11 is 0. The van der Waals surface area contributed by atoms with Gasteiger partial charge in [-0.25, -0.2) is 4.98 Å². The summed E-state index contributed by atoms with van der Waals surface area (Å²) in [5.41, 5.74) is 4.02. The number of aromatic nitrogens is 2. The molecule has 0 bridgehead atoms. The molecule has 26 heavy (non-hydrogen) atoms. The summed E-state index contributed by atoms with van der Waals surface area (Å²) in [6.07, 6.45) is 6.43. The van der Waals surface area contributed by atoms with E-state index in [1.54, 1.807) is 6.20 Å². The lowest BCUT2D eigenvalue weighted by Gasteiger charge is -2.32. The molecule has 0 atom stereocenters. The molecule has 5 nitrogen and oxygen atoms in total. The number of H-pyrrole nitrogens is 1. The molecule has 5 heteroatoms. The third-order valence-electron chi connectivity index (χ3n) is 5.31. The average Bonchev–Trinajstić information content (AvgIpc) is 3.13. The number of amides is 1. The molecule has 134 valence electrons.